The van der Waals surface area contributed by atoms with Gasteiger partial charge in [0.2, 0.25) is 0 Å². The van der Waals surface area contributed by atoms with E-state index in [1.807, 2.05) is 0 Å². The normalized spacial score (nSPS) is 12.7. The molecule has 2 aromatic rings. The van der Waals surface area contributed by atoms with E-state index in [1.54, 1.807) is 30.3 Å². The van der Waals surface area contributed by atoms with Gasteiger partial charge < -0.3 is 15.6 Å². The summed E-state index contributed by atoms with van der Waals surface area (Å²) < 4.78 is 38.9. The Kier molecular flexibility index (Phi) is 4.52. The summed E-state index contributed by atoms with van der Waals surface area (Å²) in [4.78, 5) is 14.1. The molecule has 1 aromatic heterocycles. The van der Waals surface area contributed by atoms with Crippen LogP contribution < -0.4 is 10.6 Å². The number of aromatic nitrogens is 1. The van der Waals surface area contributed by atoms with E-state index in [1.165, 1.54) is 18.3 Å². The first-order valence-corrected chi connectivity index (χ1v) is 6.26. The summed E-state index contributed by atoms with van der Waals surface area (Å²) in [5.74, 6) is -1.77. The summed E-state index contributed by atoms with van der Waals surface area (Å²) in [6.07, 6.45) is -3.02. The van der Waals surface area contributed by atoms with Crippen molar-refractivity contribution in [2.24, 2.45) is 0 Å². The van der Waals surface area contributed by atoms with Crippen molar-refractivity contribution in [2.75, 3.05) is 11.9 Å². The Hall–Kier alpha value is -2.44. The molecule has 0 unspecified atom stereocenters. The second-order valence-electron chi connectivity index (χ2n) is 4.42. The highest BCUT2D eigenvalue weighted by atomic mass is 19.4. The van der Waals surface area contributed by atoms with Crippen molar-refractivity contribution in [1.29, 1.82) is 0 Å². The van der Waals surface area contributed by atoms with E-state index in [0.29, 0.717) is 5.69 Å². The van der Waals surface area contributed by atoms with Crippen molar-refractivity contribution < 1.29 is 18.0 Å². The number of anilines is 1. The number of nitrogens with one attached hydrogen (secondary N) is 3. The molecule has 0 bridgehead atoms. The highest BCUT2D eigenvalue weighted by molar-refractivity contribution is 5.89. The second kappa shape index (κ2) is 6.34. The number of alkyl halides is 3. The first-order chi connectivity index (χ1) is 9.97. The lowest BCUT2D eigenvalue weighted by atomic mass is 10.1. The molecule has 1 atom stereocenters. The Bertz CT molecular complexity index is 567. The molecule has 4 nitrogen and oxygen atoms in total. The summed E-state index contributed by atoms with van der Waals surface area (Å²) in [5, 5.41) is 4.70. The Morgan fingerprint density at radius 3 is 2.43 bits per heavy atom. The monoisotopic (exact) mass is 297 g/mol. The zero-order valence-electron chi connectivity index (χ0n) is 10.9. The Labute approximate surface area is 119 Å². The number of carbonyl (C=O) groups is 1. The summed E-state index contributed by atoms with van der Waals surface area (Å²) in [7, 11) is 0. The molecule has 0 saturated carbocycles. The van der Waals surface area contributed by atoms with Gasteiger partial charge in [-0.2, -0.15) is 13.2 Å². The number of H-pyrrole nitrogens is 1. The van der Waals surface area contributed by atoms with Gasteiger partial charge in [-0.05, 0) is 24.3 Å². The Balaban J connectivity index is 1.95. The zero-order chi connectivity index (χ0) is 15.3. The maximum Gasteiger partial charge on any atom is 0.398 e. The third-order valence-electron chi connectivity index (χ3n) is 2.89. The number of aromatic amines is 1. The van der Waals surface area contributed by atoms with Crippen molar-refractivity contribution in [2.45, 2.75) is 12.1 Å². The molecule has 112 valence electrons. The predicted molar refractivity (Wildman–Crippen MR) is 73.1 cm³/mol. The molecular weight excluding hydrogens is 283 g/mol. The number of amides is 2. The van der Waals surface area contributed by atoms with Crippen LogP contribution in [0.2, 0.25) is 0 Å². The Morgan fingerprint density at radius 2 is 1.86 bits per heavy atom. The molecule has 2 rings (SSSR count). The van der Waals surface area contributed by atoms with E-state index in [0.717, 1.165) is 0 Å². The van der Waals surface area contributed by atoms with E-state index in [2.05, 4.69) is 15.6 Å². The minimum atomic E-state index is -4.44. The number of benzene rings is 1. The van der Waals surface area contributed by atoms with Gasteiger partial charge in [-0.25, -0.2) is 4.79 Å². The molecule has 21 heavy (non-hydrogen) atoms. The molecule has 0 fully saturated rings. The maximum absolute atomic E-state index is 13.0. The fourth-order valence-corrected chi connectivity index (χ4v) is 1.85. The van der Waals surface area contributed by atoms with E-state index in [4.69, 9.17) is 0 Å². The van der Waals surface area contributed by atoms with Crippen LogP contribution in [0.3, 0.4) is 0 Å². The van der Waals surface area contributed by atoms with Crippen molar-refractivity contribution in [3.63, 3.8) is 0 Å². The minimum Gasteiger partial charge on any atom is -0.364 e. The summed E-state index contributed by atoms with van der Waals surface area (Å²) >= 11 is 0. The van der Waals surface area contributed by atoms with Gasteiger partial charge in [0, 0.05) is 24.1 Å². The highest BCUT2D eigenvalue weighted by Crippen LogP contribution is 2.33. The molecule has 2 amide bonds. The summed E-state index contributed by atoms with van der Waals surface area (Å²) in [6, 6.07) is 10.6. The van der Waals surface area contributed by atoms with Crippen LogP contribution in [0.1, 0.15) is 11.6 Å². The lowest BCUT2D eigenvalue weighted by Crippen LogP contribution is -2.37. The largest absolute Gasteiger partial charge is 0.398 e. The van der Waals surface area contributed by atoms with Crippen molar-refractivity contribution >= 4 is 11.7 Å². The highest BCUT2D eigenvalue weighted by Gasteiger charge is 2.41. The fraction of sp³-hybridized carbons (Fsp3) is 0.214. The molecular formula is C14H14F3N3O. The van der Waals surface area contributed by atoms with Gasteiger partial charge in [0.15, 0.2) is 0 Å². The first-order valence-electron chi connectivity index (χ1n) is 6.26. The van der Waals surface area contributed by atoms with Crippen LogP contribution in [0.15, 0.2) is 48.7 Å². The van der Waals surface area contributed by atoms with Gasteiger partial charge in [0.1, 0.15) is 5.92 Å². The first kappa shape index (κ1) is 15.0. The SMILES string of the molecule is O=C(NC[C@@H](c1ccc[nH]1)C(F)(F)F)Nc1ccccc1. The second-order valence-corrected chi connectivity index (χ2v) is 4.42. The quantitative estimate of drug-likeness (QED) is 0.795. The van der Waals surface area contributed by atoms with Crippen LogP contribution in [-0.4, -0.2) is 23.7 Å². The van der Waals surface area contributed by atoms with Crippen LogP contribution >= 0.6 is 0 Å². The number of rotatable bonds is 4. The smallest absolute Gasteiger partial charge is 0.364 e. The number of halogens is 3. The molecule has 0 aliphatic rings. The number of carbonyl (C=O) groups excluding carboxylic acids is 1. The average Bonchev–Trinajstić information content (AvgIpc) is 2.92. The van der Waals surface area contributed by atoms with Crippen LogP contribution in [0, 0.1) is 0 Å². The van der Waals surface area contributed by atoms with Gasteiger partial charge in [-0.3, -0.25) is 0 Å². The van der Waals surface area contributed by atoms with Crippen LogP contribution in [-0.2, 0) is 0 Å². The molecule has 0 radical (unpaired) electrons. The molecule has 0 saturated heterocycles. The topological polar surface area (TPSA) is 56.9 Å². The van der Waals surface area contributed by atoms with Crippen molar-refractivity contribution in [3.05, 3.63) is 54.4 Å². The van der Waals surface area contributed by atoms with Gasteiger partial charge in [0.05, 0.1) is 0 Å². The van der Waals surface area contributed by atoms with Crippen LogP contribution in [0.4, 0.5) is 23.7 Å². The van der Waals surface area contributed by atoms with E-state index >= 15 is 0 Å². The van der Waals surface area contributed by atoms with Gasteiger partial charge in [-0.1, -0.05) is 18.2 Å². The van der Waals surface area contributed by atoms with Crippen molar-refractivity contribution in [3.8, 4) is 0 Å². The number of urea groups is 1. The minimum absolute atomic E-state index is 0.0162. The lowest BCUT2D eigenvalue weighted by molar-refractivity contribution is -0.149. The average molecular weight is 297 g/mol. The summed E-state index contributed by atoms with van der Waals surface area (Å²) in [5.41, 5.74) is 0.529. The third-order valence-corrected chi connectivity index (χ3v) is 2.89. The van der Waals surface area contributed by atoms with Crippen LogP contribution in [0.5, 0.6) is 0 Å². The van der Waals surface area contributed by atoms with Gasteiger partial charge in [-0.15, -0.1) is 0 Å². The number of hydrogen-bond acceptors (Lipinski definition) is 1. The fourth-order valence-electron chi connectivity index (χ4n) is 1.85. The van der Waals surface area contributed by atoms with Gasteiger partial charge in [0.25, 0.3) is 0 Å². The standard InChI is InChI=1S/C14H14F3N3O/c15-14(16,17)11(12-7-4-8-18-12)9-19-13(21)20-10-5-2-1-3-6-10/h1-8,11,18H,9H2,(H2,19,20,21)/t11-/m0/s1. The lowest BCUT2D eigenvalue weighted by Gasteiger charge is -2.20. The van der Waals surface area contributed by atoms with Crippen molar-refractivity contribution in [1.82, 2.24) is 10.3 Å². The molecule has 0 aliphatic heterocycles. The van der Waals surface area contributed by atoms with Gasteiger partial charge >= 0.3 is 12.2 Å². The number of hydrogen-bond donors (Lipinski definition) is 3. The third kappa shape index (κ3) is 4.27. The zero-order valence-corrected chi connectivity index (χ0v) is 10.9. The molecule has 1 heterocycles. The van der Waals surface area contributed by atoms with E-state index in [-0.39, 0.29) is 5.69 Å². The molecule has 7 heteroatoms. The number of para-hydroxylation sites is 1. The van der Waals surface area contributed by atoms with E-state index in [9.17, 15) is 18.0 Å². The Morgan fingerprint density at radius 1 is 1.14 bits per heavy atom. The molecule has 0 spiro atoms. The van der Waals surface area contributed by atoms with E-state index < -0.39 is 24.7 Å². The summed E-state index contributed by atoms with van der Waals surface area (Å²) in [6.45, 7) is -0.539. The molecule has 0 aliphatic carbocycles. The predicted octanol–water partition coefficient (Wildman–Crippen LogP) is 3.48. The molecule has 3 N–H and O–H groups in total. The van der Waals surface area contributed by atoms with Crippen LogP contribution in [0.25, 0.3) is 0 Å². The molecule has 1 aromatic carbocycles. The maximum atomic E-state index is 13.0.